The molecule has 3 nitrogen and oxygen atoms in total. The Kier molecular flexibility index (Phi) is 4.85. The highest BCUT2D eigenvalue weighted by molar-refractivity contribution is 6.04. The standard InChI is InChI=1S/C16H17FN2O/c17-15-6-2-1-5-14(15)16(20)19-13-9-7-12(8-10-13)4-3-11-18/h1-2,5-10H,3-4,11,18H2,(H,19,20). The maximum absolute atomic E-state index is 13.5. The molecule has 0 aliphatic carbocycles. The number of aryl methyl sites for hydroxylation is 1. The Bertz CT molecular complexity index is 581. The Morgan fingerprint density at radius 3 is 2.45 bits per heavy atom. The van der Waals surface area contributed by atoms with Crippen LogP contribution in [0.15, 0.2) is 48.5 Å². The van der Waals surface area contributed by atoms with E-state index in [9.17, 15) is 9.18 Å². The molecule has 0 unspecified atom stereocenters. The molecule has 0 heterocycles. The summed E-state index contributed by atoms with van der Waals surface area (Å²) in [5.74, 6) is -0.970. The van der Waals surface area contributed by atoms with Crippen molar-refractivity contribution in [3.05, 3.63) is 65.5 Å². The lowest BCUT2D eigenvalue weighted by atomic mass is 10.1. The molecular weight excluding hydrogens is 255 g/mol. The average Bonchev–Trinajstić information content (AvgIpc) is 2.47. The number of carbonyl (C=O) groups is 1. The van der Waals surface area contributed by atoms with E-state index >= 15 is 0 Å². The van der Waals surface area contributed by atoms with Crippen LogP contribution in [0.2, 0.25) is 0 Å². The Morgan fingerprint density at radius 2 is 1.80 bits per heavy atom. The molecule has 20 heavy (non-hydrogen) atoms. The maximum Gasteiger partial charge on any atom is 0.258 e. The largest absolute Gasteiger partial charge is 0.330 e. The maximum atomic E-state index is 13.5. The van der Waals surface area contributed by atoms with Crippen LogP contribution in [0.5, 0.6) is 0 Å². The van der Waals surface area contributed by atoms with E-state index in [0.717, 1.165) is 12.8 Å². The number of anilines is 1. The summed E-state index contributed by atoms with van der Waals surface area (Å²) in [5, 5.41) is 2.68. The number of benzene rings is 2. The molecule has 0 saturated carbocycles. The second kappa shape index (κ2) is 6.82. The van der Waals surface area contributed by atoms with Crippen molar-refractivity contribution in [3.8, 4) is 0 Å². The van der Waals surface area contributed by atoms with Crippen LogP contribution in [0.3, 0.4) is 0 Å². The summed E-state index contributed by atoms with van der Waals surface area (Å²) in [6, 6.07) is 13.4. The second-order valence-corrected chi connectivity index (χ2v) is 4.52. The zero-order valence-corrected chi connectivity index (χ0v) is 11.1. The Hall–Kier alpha value is -2.20. The van der Waals surface area contributed by atoms with Gasteiger partial charge in [-0.15, -0.1) is 0 Å². The predicted octanol–water partition coefficient (Wildman–Crippen LogP) is 2.97. The topological polar surface area (TPSA) is 55.1 Å². The van der Waals surface area contributed by atoms with Crippen LogP contribution in [-0.4, -0.2) is 12.5 Å². The van der Waals surface area contributed by atoms with Crippen LogP contribution in [0.4, 0.5) is 10.1 Å². The Balaban J connectivity index is 2.03. The molecule has 104 valence electrons. The van der Waals surface area contributed by atoms with E-state index in [-0.39, 0.29) is 5.56 Å². The van der Waals surface area contributed by atoms with E-state index in [4.69, 9.17) is 5.73 Å². The number of carbonyl (C=O) groups excluding carboxylic acids is 1. The molecule has 0 radical (unpaired) electrons. The molecule has 0 aliphatic heterocycles. The normalized spacial score (nSPS) is 10.3. The molecule has 2 aromatic rings. The van der Waals surface area contributed by atoms with Gasteiger partial charge in [0, 0.05) is 5.69 Å². The van der Waals surface area contributed by atoms with Crippen LogP contribution < -0.4 is 11.1 Å². The van der Waals surface area contributed by atoms with Crippen molar-refractivity contribution in [2.45, 2.75) is 12.8 Å². The van der Waals surface area contributed by atoms with Crippen LogP contribution in [0.1, 0.15) is 22.3 Å². The van der Waals surface area contributed by atoms with E-state index < -0.39 is 11.7 Å². The number of hydrogen-bond donors (Lipinski definition) is 2. The fraction of sp³-hybridized carbons (Fsp3) is 0.188. The van der Waals surface area contributed by atoms with E-state index in [1.807, 2.05) is 24.3 Å². The van der Waals surface area contributed by atoms with Crippen molar-refractivity contribution in [1.29, 1.82) is 0 Å². The predicted molar refractivity (Wildman–Crippen MR) is 78.2 cm³/mol. The highest BCUT2D eigenvalue weighted by Gasteiger charge is 2.10. The van der Waals surface area contributed by atoms with Crippen molar-refractivity contribution in [2.75, 3.05) is 11.9 Å². The molecule has 0 fully saturated rings. The fourth-order valence-corrected chi connectivity index (χ4v) is 1.90. The minimum absolute atomic E-state index is 0.0414. The number of halogens is 1. The van der Waals surface area contributed by atoms with E-state index in [0.29, 0.717) is 12.2 Å². The van der Waals surface area contributed by atoms with Gasteiger partial charge in [0.25, 0.3) is 5.91 Å². The Labute approximate surface area is 117 Å². The molecular formula is C16H17FN2O. The van der Waals surface area contributed by atoms with Gasteiger partial charge >= 0.3 is 0 Å². The summed E-state index contributed by atoms with van der Waals surface area (Å²) >= 11 is 0. The summed E-state index contributed by atoms with van der Waals surface area (Å²) in [5.41, 5.74) is 7.31. The summed E-state index contributed by atoms with van der Waals surface area (Å²) in [4.78, 5) is 11.9. The third kappa shape index (κ3) is 3.65. The first-order valence-corrected chi connectivity index (χ1v) is 6.55. The first-order valence-electron chi connectivity index (χ1n) is 6.55. The van der Waals surface area contributed by atoms with Crippen molar-refractivity contribution >= 4 is 11.6 Å². The molecule has 4 heteroatoms. The van der Waals surface area contributed by atoms with Gasteiger partial charge in [-0.25, -0.2) is 4.39 Å². The summed E-state index contributed by atoms with van der Waals surface area (Å²) in [7, 11) is 0. The first kappa shape index (κ1) is 14.2. The number of nitrogens with one attached hydrogen (secondary N) is 1. The third-order valence-corrected chi connectivity index (χ3v) is 3.00. The van der Waals surface area contributed by atoms with Crippen molar-refractivity contribution in [1.82, 2.24) is 0 Å². The van der Waals surface area contributed by atoms with Gasteiger partial charge in [-0.3, -0.25) is 4.79 Å². The van der Waals surface area contributed by atoms with E-state index in [2.05, 4.69) is 5.32 Å². The smallest absolute Gasteiger partial charge is 0.258 e. The quantitative estimate of drug-likeness (QED) is 0.879. The van der Waals surface area contributed by atoms with Gasteiger partial charge in [0.1, 0.15) is 5.82 Å². The fourth-order valence-electron chi connectivity index (χ4n) is 1.90. The SMILES string of the molecule is NCCCc1ccc(NC(=O)c2ccccc2F)cc1. The first-order chi connectivity index (χ1) is 9.70. The number of rotatable bonds is 5. The van der Waals surface area contributed by atoms with Gasteiger partial charge in [0.15, 0.2) is 0 Å². The lowest BCUT2D eigenvalue weighted by Gasteiger charge is -2.07. The molecule has 0 saturated heterocycles. The van der Waals surface area contributed by atoms with Crippen LogP contribution in [0.25, 0.3) is 0 Å². The summed E-state index contributed by atoms with van der Waals surface area (Å²) in [6.07, 6.45) is 1.85. The van der Waals surface area contributed by atoms with E-state index in [1.54, 1.807) is 12.1 Å². The zero-order chi connectivity index (χ0) is 14.4. The Morgan fingerprint density at radius 1 is 1.10 bits per heavy atom. The highest BCUT2D eigenvalue weighted by atomic mass is 19.1. The van der Waals surface area contributed by atoms with Gasteiger partial charge in [0.05, 0.1) is 5.56 Å². The lowest BCUT2D eigenvalue weighted by Crippen LogP contribution is -2.13. The monoisotopic (exact) mass is 272 g/mol. The molecule has 1 amide bonds. The molecule has 2 aromatic carbocycles. The zero-order valence-electron chi connectivity index (χ0n) is 11.1. The van der Waals surface area contributed by atoms with Gasteiger partial charge < -0.3 is 11.1 Å². The lowest BCUT2D eigenvalue weighted by molar-refractivity contribution is 0.102. The molecule has 0 aromatic heterocycles. The number of nitrogens with two attached hydrogens (primary N) is 1. The summed E-state index contributed by atoms with van der Waals surface area (Å²) in [6.45, 7) is 0.659. The van der Waals surface area contributed by atoms with Gasteiger partial charge in [-0.2, -0.15) is 0 Å². The van der Waals surface area contributed by atoms with E-state index in [1.165, 1.54) is 17.7 Å². The average molecular weight is 272 g/mol. The molecule has 3 N–H and O–H groups in total. The highest BCUT2D eigenvalue weighted by Crippen LogP contribution is 2.14. The van der Waals surface area contributed by atoms with Gasteiger partial charge in [0.2, 0.25) is 0 Å². The van der Waals surface area contributed by atoms with Crippen molar-refractivity contribution in [2.24, 2.45) is 5.73 Å². The molecule has 0 atom stereocenters. The summed E-state index contributed by atoms with van der Waals surface area (Å²) < 4.78 is 13.5. The minimum atomic E-state index is -0.524. The van der Waals surface area contributed by atoms with Gasteiger partial charge in [-0.05, 0) is 49.2 Å². The number of amides is 1. The number of hydrogen-bond acceptors (Lipinski definition) is 2. The van der Waals surface area contributed by atoms with Crippen LogP contribution >= 0.6 is 0 Å². The van der Waals surface area contributed by atoms with Crippen LogP contribution in [-0.2, 0) is 6.42 Å². The van der Waals surface area contributed by atoms with Gasteiger partial charge in [-0.1, -0.05) is 24.3 Å². The molecule has 0 spiro atoms. The third-order valence-electron chi connectivity index (χ3n) is 3.00. The van der Waals surface area contributed by atoms with Crippen LogP contribution in [0, 0.1) is 5.82 Å². The second-order valence-electron chi connectivity index (χ2n) is 4.52. The van der Waals surface area contributed by atoms with Crippen molar-refractivity contribution in [3.63, 3.8) is 0 Å². The molecule has 2 rings (SSSR count). The van der Waals surface area contributed by atoms with Crippen molar-refractivity contribution < 1.29 is 9.18 Å². The molecule has 0 bridgehead atoms. The molecule has 0 aliphatic rings. The minimum Gasteiger partial charge on any atom is -0.330 e.